The summed E-state index contributed by atoms with van der Waals surface area (Å²) in [6, 6.07) is 0.804. The number of rotatable bonds is 0. The van der Waals surface area contributed by atoms with Crippen molar-refractivity contribution in [3.8, 4) is 0 Å². The van der Waals surface area contributed by atoms with E-state index in [-0.39, 0.29) is 0 Å². The van der Waals surface area contributed by atoms with Gasteiger partial charge in [-0.1, -0.05) is 0 Å². The Bertz CT molecular complexity index is 185. The fourth-order valence-corrected chi connectivity index (χ4v) is 3.23. The summed E-state index contributed by atoms with van der Waals surface area (Å²) in [6.07, 6.45) is 4.42. The van der Waals surface area contributed by atoms with E-state index in [1.807, 2.05) is 0 Å². The minimum absolute atomic E-state index is 0.451. The van der Waals surface area contributed by atoms with Crippen molar-refractivity contribution in [3.05, 3.63) is 0 Å². The van der Waals surface area contributed by atoms with Gasteiger partial charge in [-0.25, -0.2) is 0 Å². The Kier molecular flexibility index (Phi) is 1.76. The van der Waals surface area contributed by atoms with Gasteiger partial charge in [-0.05, 0) is 58.9 Å². The molecule has 1 aliphatic heterocycles. The van der Waals surface area contributed by atoms with Crippen LogP contribution >= 0.6 is 0 Å². The van der Waals surface area contributed by atoms with Gasteiger partial charge in [-0.15, -0.1) is 0 Å². The zero-order valence-corrected chi connectivity index (χ0v) is 8.80. The molecule has 2 aliphatic rings. The third-order valence-corrected chi connectivity index (χ3v) is 4.67. The lowest BCUT2D eigenvalue weighted by Gasteiger charge is -2.49. The maximum Gasteiger partial charge on any atom is 0.0181 e. The maximum absolute atomic E-state index is 2.60. The SMILES string of the molecule is CC1C2CCC(C2)C(C)(C)N1C. The Hall–Kier alpha value is -0.0400. The van der Waals surface area contributed by atoms with E-state index in [0.717, 1.165) is 17.9 Å². The lowest BCUT2D eigenvalue weighted by atomic mass is 9.78. The van der Waals surface area contributed by atoms with Crippen molar-refractivity contribution >= 4 is 0 Å². The second-order valence-corrected chi connectivity index (χ2v) is 5.28. The second-order valence-electron chi connectivity index (χ2n) is 5.28. The number of hydrogen-bond acceptors (Lipinski definition) is 1. The molecule has 3 atom stereocenters. The van der Waals surface area contributed by atoms with Crippen LogP contribution in [0.15, 0.2) is 0 Å². The molecule has 0 spiro atoms. The first-order chi connectivity index (χ1) is 5.53. The summed E-state index contributed by atoms with van der Waals surface area (Å²) < 4.78 is 0. The van der Waals surface area contributed by atoms with Crippen molar-refractivity contribution < 1.29 is 0 Å². The van der Waals surface area contributed by atoms with Crippen LogP contribution in [0, 0.1) is 11.8 Å². The first kappa shape index (κ1) is 8.55. The summed E-state index contributed by atoms with van der Waals surface area (Å²) in [5, 5.41) is 0. The molecule has 1 saturated carbocycles. The van der Waals surface area contributed by atoms with Crippen LogP contribution in [0.2, 0.25) is 0 Å². The van der Waals surface area contributed by atoms with Gasteiger partial charge in [-0.2, -0.15) is 0 Å². The molecule has 1 aliphatic carbocycles. The highest BCUT2D eigenvalue weighted by Crippen LogP contribution is 2.48. The van der Waals surface area contributed by atoms with Crippen LogP contribution in [0.4, 0.5) is 0 Å². The van der Waals surface area contributed by atoms with E-state index in [9.17, 15) is 0 Å². The maximum atomic E-state index is 2.60. The fourth-order valence-electron chi connectivity index (χ4n) is 3.23. The van der Waals surface area contributed by atoms with Crippen molar-refractivity contribution in [1.82, 2.24) is 4.90 Å². The van der Waals surface area contributed by atoms with Gasteiger partial charge in [-0.3, -0.25) is 4.90 Å². The predicted molar refractivity (Wildman–Crippen MR) is 52.1 cm³/mol. The summed E-state index contributed by atoms with van der Waals surface area (Å²) >= 11 is 0. The summed E-state index contributed by atoms with van der Waals surface area (Å²) in [5.74, 6) is 1.96. The van der Waals surface area contributed by atoms with Crippen molar-refractivity contribution in [1.29, 1.82) is 0 Å². The Balaban J connectivity index is 2.26. The minimum atomic E-state index is 0.451. The zero-order valence-electron chi connectivity index (χ0n) is 8.80. The smallest absolute Gasteiger partial charge is 0.0181 e. The van der Waals surface area contributed by atoms with Crippen LogP contribution in [0.1, 0.15) is 40.0 Å². The topological polar surface area (TPSA) is 3.24 Å². The van der Waals surface area contributed by atoms with Gasteiger partial charge in [0.1, 0.15) is 0 Å². The second kappa shape index (κ2) is 2.47. The summed E-state index contributed by atoms with van der Waals surface area (Å²) in [5.41, 5.74) is 0.451. The molecule has 1 nitrogen and oxygen atoms in total. The van der Waals surface area contributed by atoms with E-state index in [4.69, 9.17) is 0 Å². The largest absolute Gasteiger partial charge is 0.298 e. The van der Waals surface area contributed by atoms with Crippen LogP contribution in [0.5, 0.6) is 0 Å². The number of nitrogens with zero attached hydrogens (tertiary/aromatic N) is 1. The molecule has 70 valence electrons. The number of likely N-dealkylation sites (tertiary alicyclic amines) is 1. The molecule has 2 fully saturated rings. The molecule has 12 heavy (non-hydrogen) atoms. The van der Waals surface area contributed by atoms with Crippen molar-refractivity contribution in [2.75, 3.05) is 7.05 Å². The molecular formula is C11H21N. The molecule has 0 N–H and O–H groups in total. The van der Waals surface area contributed by atoms with E-state index < -0.39 is 0 Å². The van der Waals surface area contributed by atoms with E-state index in [1.165, 1.54) is 19.3 Å². The number of hydrogen-bond donors (Lipinski definition) is 0. The molecule has 0 aromatic rings. The average molecular weight is 167 g/mol. The minimum Gasteiger partial charge on any atom is -0.298 e. The standard InChI is InChI=1S/C11H21N/c1-8-9-5-6-10(7-9)11(2,3)12(8)4/h8-10H,5-7H2,1-4H3. The number of fused-ring (bicyclic) bond motifs is 2. The Morgan fingerprint density at radius 2 is 1.92 bits per heavy atom. The number of piperidine rings is 1. The lowest BCUT2D eigenvalue weighted by molar-refractivity contribution is 0.00447. The van der Waals surface area contributed by atoms with Crippen LogP contribution in [0.3, 0.4) is 0 Å². The zero-order chi connectivity index (χ0) is 8.93. The molecule has 0 aromatic carbocycles. The average Bonchev–Trinajstić information content (AvgIpc) is 2.46. The van der Waals surface area contributed by atoms with E-state index in [2.05, 4.69) is 32.7 Å². The van der Waals surface area contributed by atoms with Gasteiger partial charge in [0.05, 0.1) is 0 Å². The van der Waals surface area contributed by atoms with Gasteiger partial charge in [0.25, 0.3) is 0 Å². The normalized spacial score (nSPS) is 46.5. The van der Waals surface area contributed by atoms with E-state index >= 15 is 0 Å². The highest BCUT2D eigenvalue weighted by atomic mass is 15.2. The summed E-state index contributed by atoms with van der Waals surface area (Å²) in [4.78, 5) is 2.60. The monoisotopic (exact) mass is 167 g/mol. The Morgan fingerprint density at radius 3 is 2.58 bits per heavy atom. The molecule has 2 bridgehead atoms. The van der Waals surface area contributed by atoms with Crippen LogP contribution in [-0.4, -0.2) is 23.5 Å². The molecule has 1 heterocycles. The third kappa shape index (κ3) is 0.953. The third-order valence-electron chi connectivity index (χ3n) is 4.67. The Morgan fingerprint density at radius 1 is 1.25 bits per heavy atom. The molecule has 3 unspecified atom stereocenters. The van der Waals surface area contributed by atoms with Crippen molar-refractivity contribution in [2.45, 2.75) is 51.6 Å². The molecule has 2 rings (SSSR count). The van der Waals surface area contributed by atoms with Gasteiger partial charge >= 0.3 is 0 Å². The lowest BCUT2D eigenvalue weighted by Crippen LogP contribution is -2.55. The van der Waals surface area contributed by atoms with Gasteiger partial charge < -0.3 is 0 Å². The van der Waals surface area contributed by atoms with Crippen LogP contribution in [-0.2, 0) is 0 Å². The molecule has 0 radical (unpaired) electrons. The fraction of sp³-hybridized carbons (Fsp3) is 1.00. The van der Waals surface area contributed by atoms with Gasteiger partial charge in [0, 0.05) is 11.6 Å². The van der Waals surface area contributed by atoms with E-state index in [1.54, 1.807) is 0 Å². The molecule has 0 amide bonds. The molecule has 1 saturated heterocycles. The Labute approximate surface area is 76.1 Å². The highest BCUT2D eigenvalue weighted by Gasteiger charge is 2.47. The van der Waals surface area contributed by atoms with Crippen LogP contribution < -0.4 is 0 Å². The van der Waals surface area contributed by atoms with Crippen LogP contribution in [0.25, 0.3) is 0 Å². The summed E-state index contributed by atoms with van der Waals surface area (Å²) in [6.45, 7) is 7.22. The van der Waals surface area contributed by atoms with Gasteiger partial charge in [0.2, 0.25) is 0 Å². The highest BCUT2D eigenvalue weighted by molar-refractivity contribution is 5.01. The molecular weight excluding hydrogens is 146 g/mol. The summed E-state index contributed by atoms with van der Waals surface area (Å²) in [7, 11) is 2.30. The molecule has 1 heteroatoms. The van der Waals surface area contributed by atoms with Crippen molar-refractivity contribution in [2.24, 2.45) is 11.8 Å². The first-order valence-corrected chi connectivity index (χ1v) is 5.26. The molecule has 0 aromatic heterocycles. The quantitative estimate of drug-likeness (QED) is 0.536. The van der Waals surface area contributed by atoms with Crippen molar-refractivity contribution in [3.63, 3.8) is 0 Å². The first-order valence-electron chi connectivity index (χ1n) is 5.26. The van der Waals surface area contributed by atoms with Gasteiger partial charge in [0.15, 0.2) is 0 Å². The predicted octanol–water partition coefficient (Wildman–Crippen LogP) is 2.52. The van der Waals surface area contributed by atoms with E-state index in [0.29, 0.717) is 5.54 Å².